The lowest BCUT2D eigenvalue weighted by atomic mass is 10.1. The van der Waals surface area contributed by atoms with Crippen molar-refractivity contribution in [1.82, 2.24) is 14.8 Å². The van der Waals surface area contributed by atoms with Crippen LogP contribution in [0.3, 0.4) is 0 Å². The topological polar surface area (TPSA) is 78.3 Å². The van der Waals surface area contributed by atoms with Crippen LogP contribution in [0.15, 0.2) is 65.8 Å². The van der Waals surface area contributed by atoms with E-state index in [0.29, 0.717) is 22.5 Å². The van der Waals surface area contributed by atoms with E-state index in [1.807, 2.05) is 66.9 Å². The number of carbonyl (C=O) groups excluding carboxylic acids is 1. The maximum atomic E-state index is 12.8. The molecule has 0 fully saturated rings. The fourth-order valence-corrected chi connectivity index (χ4v) is 4.83. The van der Waals surface area contributed by atoms with Crippen LogP contribution >= 0.6 is 11.8 Å². The molecule has 2 heterocycles. The van der Waals surface area contributed by atoms with Gasteiger partial charge >= 0.3 is 0 Å². The Morgan fingerprint density at radius 1 is 0.971 bits per heavy atom. The smallest absolute Gasteiger partial charge is 0.234 e. The highest BCUT2D eigenvalue weighted by atomic mass is 32.2. The number of anilines is 1. The number of nitrogens with zero attached hydrogens (tertiary/aromatic N) is 3. The number of aryl methyl sites for hydroxylation is 3. The number of ether oxygens (including phenoxy) is 2. The van der Waals surface area contributed by atoms with Gasteiger partial charge in [0.05, 0.1) is 5.75 Å². The van der Waals surface area contributed by atoms with Gasteiger partial charge in [-0.25, -0.2) is 0 Å². The van der Waals surface area contributed by atoms with Crippen molar-refractivity contribution in [3.8, 4) is 28.6 Å². The van der Waals surface area contributed by atoms with Gasteiger partial charge in [0.15, 0.2) is 22.5 Å². The molecule has 0 saturated heterocycles. The first-order chi connectivity index (χ1) is 16.5. The molecule has 0 bridgehead atoms. The van der Waals surface area contributed by atoms with E-state index in [0.717, 1.165) is 28.1 Å². The largest absolute Gasteiger partial charge is 0.454 e. The van der Waals surface area contributed by atoms with Crippen molar-refractivity contribution in [2.75, 3.05) is 17.9 Å². The van der Waals surface area contributed by atoms with Gasteiger partial charge in [0.2, 0.25) is 12.7 Å². The molecule has 5 rings (SSSR count). The van der Waals surface area contributed by atoms with Crippen molar-refractivity contribution >= 4 is 23.4 Å². The van der Waals surface area contributed by atoms with Gasteiger partial charge in [0.1, 0.15) is 0 Å². The Labute approximate surface area is 202 Å². The van der Waals surface area contributed by atoms with Crippen LogP contribution in [0.5, 0.6) is 11.5 Å². The lowest BCUT2D eigenvalue weighted by Crippen LogP contribution is -2.16. The SMILES string of the molecule is Cc1cc(C)c(NC(=O)CSc2nnc(-c3ccc4c(c3)OCO4)n2-c2ccccc2)c(C)c1. The summed E-state index contributed by atoms with van der Waals surface area (Å²) < 4.78 is 12.9. The molecule has 0 spiro atoms. The summed E-state index contributed by atoms with van der Waals surface area (Å²) >= 11 is 1.35. The van der Waals surface area contributed by atoms with Crippen molar-refractivity contribution < 1.29 is 14.3 Å². The fraction of sp³-hybridized carbons (Fsp3) is 0.192. The van der Waals surface area contributed by atoms with Crippen LogP contribution in [0.4, 0.5) is 5.69 Å². The molecule has 0 aliphatic carbocycles. The zero-order chi connectivity index (χ0) is 23.7. The zero-order valence-corrected chi connectivity index (χ0v) is 20.0. The quantitative estimate of drug-likeness (QED) is 0.383. The summed E-state index contributed by atoms with van der Waals surface area (Å²) in [4.78, 5) is 12.8. The second-order valence-corrected chi connectivity index (χ2v) is 9.10. The lowest BCUT2D eigenvalue weighted by Gasteiger charge is -2.13. The summed E-state index contributed by atoms with van der Waals surface area (Å²) in [6.45, 7) is 6.27. The molecule has 34 heavy (non-hydrogen) atoms. The molecule has 8 heteroatoms. The highest BCUT2D eigenvalue weighted by molar-refractivity contribution is 7.99. The van der Waals surface area contributed by atoms with Crippen LogP contribution < -0.4 is 14.8 Å². The molecular formula is C26H24N4O3S. The summed E-state index contributed by atoms with van der Waals surface area (Å²) in [7, 11) is 0. The molecule has 172 valence electrons. The normalized spacial score (nSPS) is 12.1. The summed E-state index contributed by atoms with van der Waals surface area (Å²) in [5.74, 6) is 2.17. The minimum Gasteiger partial charge on any atom is -0.454 e. The van der Waals surface area contributed by atoms with Crippen LogP contribution in [0, 0.1) is 20.8 Å². The molecule has 4 aromatic rings. The van der Waals surface area contributed by atoms with Crippen LogP contribution in [-0.2, 0) is 4.79 Å². The summed E-state index contributed by atoms with van der Waals surface area (Å²) in [6.07, 6.45) is 0. The third kappa shape index (κ3) is 4.36. The second kappa shape index (κ2) is 9.23. The minimum atomic E-state index is -0.0905. The number of aromatic nitrogens is 3. The Bertz CT molecular complexity index is 1340. The van der Waals surface area contributed by atoms with Crippen molar-refractivity contribution in [1.29, 1.82) is 0 Å². The monoisotopic (exact) mass is 472 g/mol. The Morgan fingerprint density at radius 3 is 2.47 bits per heavy atom. The van der Waals surface area contributed by atoms with E-state index in [-0.39, 0.29) is 18.5 Å². The number of fused-ring (bicyclic) bond motifs is 1. The summed E-state index contributed by atoms with van der Waals surface area (Å²) in [5, 5.41) is 12.5. The van der Waals surface area contributed by atoms with Crippen LogP contribution in [-0.4, -0.2) is 33.2 Å². The van der Waals surface area contributed by atoms with E-state index in [2.05, 4.69) is 34.6 Å². The Morgan fingerprint density at radius 2 is 1.71 bits per heavy atom. The first-order valence-electron chi connectivity index (χ1n) is 10.9. The minimum absolute atomic E-state index is 0.0905. The molecule has 0 saturated carbocycles. The molecule has 1 N–H and O–H groups in total. The predicted molar refractivity (Wildman–Crippen MR) is 133 cm³/mol. The molecule has 1 amide bonds. The Hall–Kier alpha value is -3.78. The first-order valence-corrected chi connectivity index (χ1v) is 11.9. The number of para-hydroxylation sites is 1. The van der Waals surface area contributed by atoms with Gasteiger partial charge in [-0.3, -0.25) is 9.36 Å². The molecular weight excluding hydrogens is 448 g/mol. The second-order valence-electron chi connectivity index (χ2n) is 8.16. The average Bonchev–Trinajstić information content (AvgIpc) is 3.47. The van der Waals surface area contributed by atoms with Gasteiger partial charge in [0, 0.05) is 16.9 Å². The van der Waals surface area contributed by atoms with E-state index >= 15 is 0 Å². The van der Waals surface area contributed by atoms with Gasteiger partial charge < -0.3 is 14.8 Å². The molecule has 1 aliphatic heterocycles. The molecule has 7 nitrogen and oxygen atoms in total. The van der Waals surface area contributed by atoms with E-state index in [9.17, 15) is 4.79 Å². The Balaban J connectivity index is 1.42. The average molecular weight is 473 g/mol. The number of hydrogen-bond donors (Lipinski definition) is 1. The number of thioether (sulfide) groups is 1. The highest BCUT2D eigenvalue weighted by Gasteiger charge is 2.21. The van der Waals surface area contributed by atoms with Gasteiger partial charge in [-0.1, -0.05) is 47.7 Å². The van der Waals surface area contributed by atoms with Crippen LogP contribution in [0.25, 0.3) is 17.1 Å². The number of rotatable bonds is 6. The first kappa shape index (κ1) is 22.0. The van der Waals surface area contributed by atoms with E-state index < -0.39 is 0 Å². The third-order valence-corrected chi connectivity index (χ3v) is 6.48. The third-order valence-electron chi connectivity index (χ3n) is 5.55. The van der Waals surface area contributed by atoms with E-state index in [4.69, 9.17) is 9.47 Å². The van der Waals surface area contributed by atoms with Crippen molar-refractivity contribution in [3.05, 3.63) is 77.4 Å². The van der Waals surface area contributed by atoms with E-state index in [1.165, 1.54) is 17.3 Å². The highest BCUT2D eigenvalue weighted by Crippen LogP contribution is 2.37. The Kier molecular flexibility index (Phi) is 5.98. The molecule has 0 radical (unpaired) electrons. The predicted octanol–water partition coefficient (Wildman–Crippen LogP) is 5.32. The van der Waals surface area contributed by atoms with Crippen LogP contribution in [0.1, 0.15) is 16.7 Å². The molecule has 1 aromatic heterocycles. The molecule has 3 aromatic carbocycles. The molecule has 0 unspecified atom stereocenters. The number of carbonyl (C=O) groups is 1. The van der Waals surface area contributed by atoms with Gasteiger partial charge in [-0.05, 0) is 62.2 Å². The number of benzene rings is 3. The van der Waals surface area contributed by atoms with Gasteiger partial charge in [0.25, 0.3) is 0 Å². The maximum Gasteiger partial charge on any atom is 0.234 e. The van der Waals surface area contributed by atoms with Gasteiger partial charge in [-0.15, -0.1) is 10.2 Å². The number of nitrogens with one attached hydrogen (secondary N) is 1. The fourth-order valence-electron chi connectivity index (χ4n) is 4.08. The van der Waals surface area contributed by atoms with Crippen LogP contribution in [0.2, 0.25) is 0 Å². The zero-order valence-electron chi connectivity index (χ0n) is 19.2. The number of amides is 1. The van der Waals surface area contributed by atoms with Crippen molar-refractivity contribution in [3.63, 3.8) is 0 Å². The summed E-state index contributed by atoms with van der Waals surface area (Å²) in [6, 6.07) is 19.7. The van der Waals surface area contributed by atoms with E-state index in [1.54, 1.807) is 0 Å². The summed E-state index contributed by atoms with van der Waals surface area (Å²) in [5.41, 5.74) is 5.90. The van der Waals surface area contributed by atoms with Crippen molar-refractivity contribution in [2.24, 2.45) is 0 Å². The number of hydrogen-bond acceptors (Lipinski definition) is 6. The van der Waals surface area contributed by atoms with Crippen molar-refractivity contribution in [2.45, 2.75) is 25.9 Å². The molecule has 1 aliphatic rings. The maximum absolute atomic E-state index is 12.8. The molecule has 0 atom stereocenters. The standard InChI is InChI=1S/C26H24N4O3S/c1-16-11-17(2)24(18(3)12-16)27-23(31)14-34-26-29-28-25(30(26)20-7-5-4-6-8-20)19-9-10-21-22(13-19)33-15-32-21/h4-13H,14-15H2,1-3H3,(H,27,31). The van der Waals surface area contributed by atoms with Gasteiger partial charge in [-0.2, -0.15) is 0 Å². The lowest BCUT2D eigenvalue weighted by molar-refractivity contribution is -0.113.